The van der Waals surface area contributed by atoms with Gasteiger partial charge in [0.1, 0.15) is 5.75 Å². The zero-order valence-electron chi connectivity index (χ0n) is 19.5. The Kier molecular flexibility index (Phi) is 6.07. The monoisotopic (exact) mass is 455 g/mol. The summed E-state index contributed by atoms with van der Waals surface area (Å²) < 4.78 is 5.80. The molecule has 6 nitrogen and oxygen atoms in total. The standard InChI is InChI=1S/C28H29N3O3/c1-18-15-26(34-2)23(22-10-13-30-27(18)22)17-31-14-11-21(24-5-3-4-12-29-24)16-25(31)19-6-8-20(9-7-19)28(32)33/h3-10,12-13,15,21,25,30H,11,14,16-17H2,1-2H3,(H,32,33)/t21-,25-/m0/s1. The molecule has 0 amide bonds. The highest BCUT2D eigenvalue weighted by Gasteiger charge is 2.32. The molecule has 0 saturated carbocycles. The topological polar surface area (TPSA) is 78.5 Å². The normalized spacial score (nSPS) is 18.8. The number of rotatable bonds is 6. The number of pyridine rings is 1. The summed E-state index contributed by atoms with van der Waals surface area (Å²) in [6.45, 7) is 3.75. The van der Waals surface area contributed by atoms with Gasteiger partial charge in [0.2, 0.25) is 0 Å². The van der Waals surface area contributed by atoms with Crippen LogP contribution in [0.15, 0.2) is 67.0 Å². The van der Waals surface area contributed by atoms with Crippen LogP contribution in [0, 0.1) is 6.92 Å². The number of H-pyrrole nitrogens is 1. The average Bonchev–Trinajstić information content (AvgIpc) is 3.37. The number of methoxy groups -OCH3 is 1. The molecule has 0 spiro atoms. The maximum atomic E-state index is 11.4. The lowest BCUT2D eigenvalue weighted by Gasteiger charge is -2.40. The first-order valence-corrected chi connectivity index (χ1v) is 11.7. The Hall–Kier alpha value is -3.64. The predicted octanol–water partition coefficient (Wildman–Crippen LogP) is 5.70. The maximum absolute atomic E-state index is 11.4. The van der Waals surface area contributed by atoms with Crippen molar-refractivity contribution in [2.24, 2.45) is 0 Å². The van der Waals surface area contributed by atoms with Crippen LogP contribution >= 0.6 is 0 Å². The number of aryl methyl sites for hydroxylation is 1. The van der Waals surface area contributed by atoms with Crippen LogP contribution in [-0.4, -0.2) is 39.6 Å². The number of hydrogen-bond acceptors (Lipinski definition) is 4. The molecule has 2 aromatic carbocycles. The fourth-order valence-corrected chi connectivity index (χ4v) is 5.27. The van der Waals surface area contributed by atoms with Crippen LogP contribution in [0.3, 0.4) is 0 Å². The van der Waals surface area contributed by atoms with Crippen molar-refractivity contribution in [3.8, 4) is 5.75 Å². The van der Waals surface area contributed by atoms with Gasteiger partial charge in [-0.3, -0.25) is 9.88 Å². The van der Waals surface area contributed by atoms with Crippen molar-refractivity contribution in [2.45, 2.75) is 38.3 Å². The Morgan fingerprint density at radius 1 is 1.21 bits per heavy atom. The second-order valence-corrected chi connectivity index (χ2v) is 9.03. The summed E-state index contributed by atoms with van der Waals surface area (Å²) in [6.07, 6.45) is 5.78. The van der Waals surface area contributed by atoms with E-state index in [0.29, 0.717) is 11.5 Å². The second-order valence-electron chi connectivity index (χ2n) is 9.03. The Morgan fingerprint density at radius 3 is 2.74 bits per heavy atom. The van der Waals surface area contributed by atoms with Crippen LogP contribution in [0.25, 0.3) is 10.9 Å². The number of carbonyl (C=O) groups is 1. The van der Waals surface area contributed by atoms with Crippen molar-refractivity contribution in [3.05, 3.63) is 94.9 Å². The second kappa shape index (κ2) is 9.31. The highest BCUT2D eigenvalue weighted by atomic mass is 16.5. The molecule has 4 aromatic rings. The van der Waals surface area contributed by atoms with Gasteiger partial charge in [-0.15, -0.1) is 0 Å². The van der Waals surface area contributed by atoms with E-state index in [0.717, 1.165) is 54.0 Å². The summed E-state index contributed by atoms with van der Waals surface area (Å²) >= 11 is 0. The third-order valence-electron chi connectivity index (χ3n) is 7.05. The molecule has 2 N–H and O–H groups in total. The van der Waals surface area contributed by atoms with Crippen LogP contribution in [0.4, 0.5) is 0 Å². The van der Waals surface area contributed by atoms with E-state index in [4.69, 9.17) is 4.74 Å². The van der Waals surface area contributed by atoms with E-state index in [1.165, 1.54) is 10.9 Å². The van der Waals surface area contributed by atoms with Crippen molar-refractivity contribution in [1.29, 1.82) is 0 Å². The number of aromatic amines is 1. The highest BCUT2D eigenvalue weighted by molar-refractivity contribution is 5.88. The molecule has 1 fully saturated rings. The number of nitrogens with zero attached hydrogens (tertiary/aromatic N) is 2. The number of piperidine rings is 1. The number of nitrogens with one attached hydrogen (secondary N) is 1. The van der Waals surface area contributed by atoms with Crippen LogP contribution < -0.4 is 4.74 Å². The fourth-order valence-electron chi connectivity index (χ4n) is 5.27. The predicted molar refractivity (Wildman–Crippen MR) is 132 cm³/mol. The van der Waals surface area contributed by atoms with Crippen LogP contribution in [-0.2, 0) is 6.54 Å². The molecule has 2 atom stereocenters. The van der Waals surface area contributed by atoms with Crippen molar-refractivity contribution in [2.75, 3.05) is 13.7 Å². The first-order chi connectivity index (χ1) is 16.5. The Labute approximate surface area is 199 Å². The van der Waals surface area contributed by atoms with E-state index < -0.39 is 5.97 Å². The van der Waals surface area contributed by atoms with Gasteiger partial charge in [-0.2, -0.15) is 0 Å². The van der Waals surface area contributed by atoms with Crippen LogP contribution in [0.1, 0.15) is 57.5 Å². The van der Waals surface area contributed by atoms with E-state index in [9.17, 15) is 9.90 Å². The smallest absolute Gasteiger partial charge is 0.335 e. The lowest BCUT2D eigenvalue weighted by Crippen LogP contribution is -2.36. The number of aromatic carboxylic acids is 1. The summed E-state index contributed by atoms with van der Waals surface area (Å²) in [6, 6.07) is 17.8. The molecular formula is C28H29N3O3. The number of aromatic nitrogens is 2. The summed E-state index contributed by atoms with van der Waals surface area (Å²) in [4.78, 5) is 21.9. The van der Waals surface area contributed by atoms with Gasteiger partial charge in [-0.1, -0.05) is 18.2 Å². The molecule has 0 bridgehead atoms. The van der Waals surface area contributed by atoms with Gasteiger partial charge in [0.25, 0.3) is 0 Å². The molecule has 0 aliphatic carbocycles. The minimum absolute atomic E-state index is 0.142. The number of ether oxygens (including phenoxy) is 1. The van der Waals surface area contributed by atoms with Gasteiger partial charge >= 0.3 is 5.97 Å². The fraction of sp³-hybridized carbons (Fsp3) is 0.286. The average molecular weight is 456 g/mol. The van der Waals surface area contributed by atoms with E-state index in [1.807, 2.05) is 36.7 Å². The number of carboxylic acids is 1. The van der Waals surface area contributed by atoms with Crippen LogP contribution in [0.5, 0.6) is 5.75 Å². The van der Waals surface area contributed by atoms with Gasteiger partial charge < -0.3 is 14.8 Å². The van der Waals surface area contributed by atoms with Gasteiger partial charge in [0.05, 0.1) is 12.7 Å². The van der Waals surface area contributed by atoms with Gasteiger partial charge in [0.15, 0.2) is 0 Å². The van der Waals surface area contributed by atoms with E-state index in [1.54, 1.807) is 19.2 Å². The summed E-state index contributed by atoms with van der Waals surface area (Å²) in [5.74, 6) is 0.350. The van der Waals surface area contributed by atoms with E-state index >= 15 is 0 Å². The van der Waals surface area contributed by atoms with Crippen molar-refractivity contribution < 1.29 is 14.6 Å². The largest absolute Gasteiger partial charge is 0.496 e. The SMILES string of the molecule is COc1cc(C)c2[nH]ccc2c1CN1CC[C@H](c2ccccn2)C[C@H]1c1ccc(C(=O)O)cc1. The molecule has 174 valence electrons. The molecule has 1 aliphatic rings. The minimum Gasteiger partial charge on any atom is -0.496 e. The summed E-state index contributed by atoms with van der Waals surface area (Å²) in [5.41, 5.74) is 6.03. The summed E-state index contributed by atoms with van der Waals surface area (Å²) in [5, 5.41) is 10.5. The van der Waals surface area contributed by atoms with Gasteiger partial charge in [-0.25, -0.2) is 4.79 Å². The van der Waals surface area contributed by atoms with Gasteiger partial charge in [-0.05, 0) is 73.8 Å². The third-order valence-corrected chi connectivity index (χ3v) is 7.05. The zero-order valence-corrected chi connectivity index (χ0v) is 19.5. The molecule has 3 heterocycles. The quantitative estimate of drug-likeness (QED) is 0.390. The number of carboxylic acid groups (broad SMARTS) is 1. The van der Waals surface area contributed by atoms with Crippen molar-refractivity contribution in [1.82, 2.24) is 14.9 Å². The molecule has 6 heteroatoms. The molecule has 34 heavy (non-hydrogen) atoms. The first kappa shape index (κ1) is 22.2. The number of hydrogen-bond donors (Lipinski definition) is 2. The number of fused-ring (bicyclic) bond motifs is 1. The number of likely N-dealkylation sites (tertiary alicyclic amines) is 1. The van der Waals surface area contributed by atoms with Crippen molar-refractivity contribution in [3.63, 3.8) is 0 Å². The first-order valence-electron chi connectivity index (χ1n) is 11.7. The van der Waals surface area contributed by atoms with Crippen LogP contribution in [0.2, 0.25) is 0 Å². The molecule has 0 radical (unpaired) electrons. The minimum atomic E-state index is -0.905. The third kappa shape index (κ3) is 4.17. The van der Waals surface area contributed by atoms with Gasteiger partial charge in [0, 0.05) is 53.1 Å². The Balaban J connectivity index is 1.51. The molecule has 0 unspecified atom stereocenters. The maximum Gasteiger partial charge on any atom is 0.335 e. The lowest BCUT2D eigenvalue weighted by atomic mass is 9.84. The molecule has 2 aromatic heterocycles. The molecule has 1 aliphatic heterocycles. The van der Waals surface area contributed by atoms with Crippen molar-refractivity contribution >= 4 is 16.9 Å². The Bertz CT molecular complexity index is 1300. The van der Waals surface area contributed by atoms with E-state index in [-0.39, 0.29) is 6.04 Å². The molecule has 5 rings (SSSR count). The number of benzene rings is 2. The van der Waals surface area contributed by atoms with E-state index in [2.05, 4.69) is 40.0 Å². The molecule has 1 saturated heterocycles. The lowest BCUT2D eigenvalue weighted by molar-refractivity contribution is 0.0696. The Morgan fingerprint density at radius 2 is 2.03 bits per heavy atom. The zero-order chi connectivity index (χ0) is 23.7. The summed E-state index contributed by atoms with van der Waals surface area (Å²) in [7, 11) is 1.73. The highest BCUT2D eigenvalue weighted by Crippen LogP contribution is 2.41. The molecular weight excluding hydrogens is 426 g/mol.